The van der Waals surface area contributed by atoms with Crippen molar-refractivity contribution in [3.05, 3.63) is 34.1 Å². The quantitative estimate of drug-likeness (QED) is 0.915. The lowest BCUT2D eigenvalue weighted by Gasteiger charge is -2.06. The van der Waals surface area contributed by atoms with Crippen molar-refractivity contribution in [2.45, 2.75) is 18.7 Å². The largest absolute Gasteiger partial charge is 0.327 e. The normalized spacial score (nSPS) is 12.9. The maximum atomic E-state index is 13.2. The molecule has 0 aromatic heterocycles. The molecule has 0 heterocycles. The zero-order valence-corrected chi connectivity index (χ0v) is 10.4. The first kappa shape index (κ1) is 12.0. The second-order valence-corrected chi connectivity index (χ2v) is 5.17. The highest BCUT2D eigenvalue weighted by molar-refractivity contribution is 9.10. The lowest BCUT2D eigenvalue weighted by molar-refractivity contribution is 0.617. The van der Waals surface area contributed by atoms with E-state index >= 15 is 0 Å². The van der Waals surface area contributed by atoms with Crippen molar-refractivity contribution >= 4 is 27.7 Å². The molecule has 1 rings (SSSR count). The van der Waals surface area contributed by atoms with Crippen LogP contribution in [0.15, 0.2) is 22.7 Å². The lowest BCUT2D eigenvalue weighted by Crippen LogP contribution is -2.17. The Kier molecular flexibility index (Phi) is 4.92. The fourth-order valence-electron chi connectivity index (χ4n) is 1.01. The zero-order chi connectivity index (χ0) is 10.6. The van der Waals surface area contributed by atoms with E-state index in [1.807, 2.05) is 13.0 Å². The van der Waals surface area contributed by atoms with Crippen molar-refractivity contribution in [3.8, 4) is 0 Å². The first-order valence-corrected chi connectivity index (χ1v) is 6.31. The van der Waals surface area contributed by atoms with Crippen molar-refractivity contribution in [3.63, 3.8) is 0 Å². The molecule has 0 aliphatic rings. The van der Waals surface area contributed by atoms with Crippen LogP contribution in [0.3, 0.4) is 0 Å². The summed E-state index contributed by atoms with van der Waals surface area (Å²) in [5.74, 6) is 1.38. The van der Waals surface area contributed by atoms with Gasteiger partial charge in [0.05, 0.1) is 0 Å². The van der Waals surface area contributed by atoms with Crippen molar-refractivity contribution in [2.75, 3.05) is 5.75 Å². The van der Waals surface area contributed by atoms with E-state index in [4.69, 9.17) is 5.73 Å². The molecule has 0 bridgehead atoms. The van der Waals surface area contributed by atoms with E-state index in [9.17, 15) is 4.39 Å². The lowest BCUT2D eigenvalue weighted by atomic mass is 10.2. The first-order valence-electron chi connectivity index (χ1n) is 4.37. The van der Waals surface area contributed by atoms with Gasteiger partial charge in [-0.05, 0) is 30.7 Å². The zero-order valence-electron chi connectivity index (χ0n) is 7.97. The molecule has 2 N–H and O–H groups in total. The van der Waals surface area contributed by atoms with Gasteiger partial charge in [0.1, 0.15) is 5.82 Å². The van der Waals surface area contributed by atoms with Gasteiger partial charge in [-0.15, -0.1) is 0 Å². The summed E-state index contributed by atoms with van der Waals surface area (Å²) in [4.78, 5) is 0. The number of nitrogens with two attached hydrogens (primary N) is 1. The summed E-state index contributed by atoms with van der Waals surface area (Å²) < 4.78 is 14.1. The highest BCUT2D eigenvalue weighted by atomic mass is 79.9. The van der Waals surface area contributed by atoms with Crippen molar-refractivity contribution < 1.29 is 4.39 Å². The third-order valence-corrected chi connectivity index (χ3v) is 3.42. The van der Waals surface area contributed by atoms with Gasteiger partial charge in [0, 0.05) is 22.0 Å². The monoisotopic (exact) mass is 277 g/mol. The minimum Gasteiger partial charge on any atom is -0.327 e. The Labute approximate surface area is 96.4 Å². The summed E-state index contributed by atoms with van der Waals surface area (Å²) >= 11 is 4.97. The van der Waals surface area contributed by atoms with Crippen LogP contribution in [-0.2, 0) is 5.75 Å². The Morgan fingerprint density at radius 2 is 2.29 bits per heavy atom. The molecular weight excluding hydrogens is 265 g/mol. The third kappa shape index (κ3) is 3.98. The van der Waals surface area contributed by atoms with Gasteiger partial charge in [0.15, 0.2) is 0 Å². The van der Waals surface area contributed by atoms with Gasteiger partial charge in [-0.25, -0.2) is 4.39 Å². The number of thioether (sulfide) groups is 1. The molecular formula is C10H13BrFNS. The van der Waals surface area contributed by atoms with Crippen LogP contribution < -0.4 is 5.73 Å². The minimum atomic E-state index is -0.148. The van der Waals surface area contributed by atoms with Crippen LogP contribution >= 0.6 is 27.7 Å². The SMILES string of the molecule is CC(N)CSCc1cc(Br)ccc1F. The maximum absolute atomic E-state index is 13.2. The molecule has 1 aromatic rings. The van der Waals surface area contributed by atoms with Gasteiger partial charge >= 0.3 is 0 Å². The van der Waals surface area contributed by atoms with E-state index in [-0.39, 0.29) is 11.9 Å². The second kappa shape index (κ2) is 5.73. The standard InChI is InChI=1S/C10H13BrFNS/c1-7(13)5-14-6-8-4-9(11)2-3-10(8)12/h2-4,7H,5-6,13H2,1H3. The molecule has 0 aliphatic heterocycles. The van der Waals surface area contributed by atoms with Gasteiger partial charge < -0.3 is 5.73 Å². The number of hydrogen-bond donors (Lipinski definition) is 1. The smallest absolute Gasteiger partial charge is 0.127 e. The van der Waals surface area contributed by atoms with Gasteiger partial charge in [0.25, 0.3) is 0 Å². The molecule has 1 atom stereocenters. The van der Waals surface area contributed by atoms with Crippen LogP contribution in [0.2, 0.25) is 0 Å². The molecule has 1 nitrogen and oxygen atoms in total. The molecule has 4 heteroatoms. The molecule has 1 aromatic carbocycles. The van der Waals surface area contributed by atoms with E-state index in [0.717, 1.165) is 15.8 Å². The predicted octanol–water partition coefficient (Wildman–Crippen LogP) is 3.17. The van der Waals surface area contributed by atoms with Crippen LogP contribution in [-0.4, -0.2) is 11.8 Å². The Bertz CT molecular complexity index is 304. The number of halogens is 2. The van der Waals surface area contributed by atoms with Crippen molar-refractivity contribution in [1.82, 2.24) is 0 Å². The third-order valence-electron chi connectivity index (χ3n) is 1.65. The Morgan fingerprint density at radius 1 is 1.57 bits per heavy atom. The van der Waals surface area contributed by atoms with E-state index in [1.54, 1.807) is 17.8 Å². The molecule has 0 aliphatic carbocycles. The first-order chi connectivity index (χ1) is 6.59. The van der Waals surface area contributed by atoms with Crippen LogP contribution in [0.5, 0.6) is 0 Å². The van der Waals surface area contributed by atoms with E-state index in [0.29, 0.717) is 5.75 Å². The van der Waals surface area contributed by atoms with E-state index < -0.39 is 0 Å². The summed E-state index contributed by atoms with van der Waals surface area (Å²) in [6.45, 7) is 1.95. The van der Waals surface area contributed by atoms with Gasteiger partial charge in [-0.2, -0.15) is 11.8 Å². The molecule has 0 saturated heterocycles. The van der Waals surface area contributed by atoms with E-state index in [2.05, 4.69) is 15.9 Å². The summed E-state index contributed by atoms with van der Waals surface area (Å²) in [5.41, 5.74) is 6.33. The molecule has 0 saturated carbocycles. The Hall–Kier alpha value is -0.0600. The van der Waals surface area contributed by atoms with Crippen LogP contribution in [0.4, 0.5) is 4.39 Å². The predicted molar refractivity (Wildman–Crippen MR) is 63.9 cm³/mol. The Balaban J connectivity index is 2.53. The fourth-order valence-corrected chi connectivity index (χ4v) is 2.35. The van der Waals surface area contributed by atoms with Gasteiger partial charge in [0.2, 0.25) is 0 Å². The molecule has 0 fully saturated rings. The van der Waals surface area contributed by atoms with Crippen molar-refractivity contribution in [2.24, 2.45) is 5.73 Å². The van der Waals surface area contributed by atoms with E-state index in [1.165, 1.54) is 6.07 Å². The molecule has 1 unspecified atom stereocenters. The fraction of sp³-hybridized carbons (Fsp3) is 0.400. The molecule has 78 valence electrons. The number of benzene rings is 1. The molecule has 0 spiro atoms. The highest BCUT2D eigenvalue weighted by Gasteiger charge is 2.03. The summed E-state index contributed by atoms with van der Waals surface area (Å²) in [6, 6.07) is 5.15. The van der Waals surface area contributed by atoms with Crippen LogP contribution in [0.1, 0.15) is 12.5 Å². The summed E-state index contributed by atoms with van der Waals surface area (Å²) in [7, 11) is 0. The van der Waals surface area contributed by atoms with Crippen molar-refractivity contribution in [1.29, 1.82) is 0 Å². The maximum Gasteiger partial charge on any atom is 0.127 e. The molecule has 0 amide bonds. The topological polar surface area (TPSA) is 26.0 Å². The highest BCUT2D eigenvalue weighted by Crippen LogP contribution is 2.20. The summed E-state index contributed by atoms with van der Waals surface area (Å²) in [5, 5.41) is 0. The second-order valence-electron chi connectivity index (χ2n) is 3.23. The van der Waals surface area contributed by atoms with Gasteiger partial charge in [-0.1, -0.05) is 15.9 Å². The average molecular weight is 278 g/mol. The molecule has 0 radical (unpaired) electrons. The number of rotatable bonds is 4. The van der Waals surface area contributed by atoms with Crippen LogP contribution in [0, 0.1) is 5.82 Å². The summed E-state index contributed by atoms with van der Waals surface area (Å²) in [6.07, 6.45) is 0. The number of hydrogen-bond acceptors (Lipinski definition) is 2. The minimum absolute atomic E-state index is 0.148. The van der Waals surface area contributed by atoms with Crippen LogP contribution in [0.25, 0.3) is 0 Å². The Morgan fingerprint density at radius 3 is 2.93 bits per heavy atom. The molecule has 14 heavy (non-hydrogen) atoms. The average Bonchev–Trinajstić information content (AvgIpc) is 2.10. The van der Waals surface area contributed by atoms with Gasteiger partial charge in [-0.3, -0.25) is 0 Å².